The summed E-state index contributed by atoms with van der Waals surface area (Å²) in [6, 6.07) is 14.9. The van der Waals surface area contributed by atoms with E-state index in [1.54, 1.807) is 0 Å². The Morgan fingerprint density at radius 1 is 0.226 bits per heavy atom. The molecule has 8 bridgehead atoms. The van der Waals surface area contributed by atoms with Crippen molar-refractivity contribution in [2.75, 3.05) is 211 Å². The van der Waals surface area contributed by atoms with Gasteiger partial charge in [0, 0.05) is 97.2 Å². The van der Waals surface area contributed by atoms with Crippen LogP contribution in [0.2, 0.25) is 0 Å². The Bertz CT molecular complexity index is 3340. The van der Waals surface area contributed by atoms with Crippen molar-refractivity contribution in [2.45, 2.75) is 0 Å². The summed E-state index contributed by atoms with van der Waals surface area (Å²) >= 11 is 0. The Labute approximate surface area is 546 Å². The summed E-state index contributed by atoms with van der Waals surface area (Å²) in [6.45, 7) is 13.8. The maximum absolute atomic E-state index is 6.49. The van der Waals surface area contributed by atoms with Crippen molar-refractivity contribution in [2.24, 2.45) is 0 Å². The first-order chi connectivity index (χ1) is 45.7. The van der Waals surface area contributed by atoms with Crippen molar-refractivity contribution in [3.8, 4) is 91.5 Å². The zero-order chi connectivity index (χ0) is 61.9. The van der Waals surface area contributed by atoms with Crippen LogP contribution in [0.1, 0.15) is 0 Å². The first-order valence-corrected chi connectivity index (χ1v) is 31.6. The van der Waals surface area contributed by atoms with Crippen molar-refractivity contribution >= 4 is 44.1 Å². The van der Waals surface area contributed by atoms with Gasteiger partial charge < -0.3 is 127 Å². The van der Waals surface area contributed by atoms with Gasteiger partial charge in [0.25, 0.3) is 0 Å². The minimum atomic E-state index is 0. The van der Waals surface area contributed by atoms with E-state index in [0.29, 0.717) is 248 Å². The van der Waals surface area contributed by atoms with E-state index in [4.69, 9.17) is 116 Å². The van der Waals surface area contributed by atoms with Crippen LogP contribution in [0.3, 0.4) is 0 Å². The maximum atomic E-state index is 6.49. The van der Waals surface area contributed by atoms with Gasteiger partial charge in [-0.2, -0.15) is 0 Å². The van der Waals surface area contributed by atoms with Gasteiger partial charge in [-0.1, -0.05) is 0 Å². The van der Waals surface area contributed by atoms with E-state index in [9.17, 15) is 0 Å². The second kappa shape index (κ2) is 33.7. The summed E-state index contributed by atoms with van der Waals surface area (Å²) in [7, 11) is 0. The molecule has 499 valence electrons. The summed E-state index contributed by atoms with van der Waals surface area (Å²) in [6.07, 6.45) is 0. The average molecular weight is 1330 g/mol. The van der Waals surface area contributed by atoms with Gasteiger partial charge in [0.1, 0.15) is 52.9 Å². The molecule has 13 rings (SSSR count). The molecule has 0 saturated carbocycles. The molecule has 9 heterocycles. The third-order valence-electron chi connectivity index (χ3n) is 15.2. The Balaban J connectivity index is 0.00000832. The second-order valence-electron chi connectivity index (χ2n) is 21.5. The molecule has 7 aromatic rings. The smallest absolute Gasteiger partial charge is 0.487 e. The molecule has 6 aliphatic heterocycles. The van der Waals surface area contributed by atoms with Crippen LogP contribution in [-0.2, 0) is 55.0 Å². The quantitative estimate of drug-likeness (QED) is 0.157. The summed E-state index contributed by atoms with van der Waals surface area (Å²) in [4.78, 5) is 42.4. The molecule has 0 unspecified atom stereocenters. The van der Waals surface area contributed by atoms with E-state index in [-0.39, 0.29) is 116 Å². The third-order valence-corrected chi connectivity index (χ3v) is 15.2. The third kappa shape index (κ3) is 17.0. The van der Waals surface area contributed by atoms with E-state index < -0.39 is 0 Å². The SMILES string of the molecule is [Cu+2].c1c2c(cc3c1-c1nc-3nc3[n-]c(nc4nc(nc5[n-]c(n1)c1cc6c(cc51)OCCOCCNCCOCCO6)-c1cc5c(cc1-4)OCCOCCNCCOCCO5)c1cc4c(cc31)OCCOCCNCCOCCO4)OCCOCCNCCOCCO2. The van der Waals surface area contributed by atoms with Gasteiger partial charge in [0.2, 0.25) is 0 Å². The van der Waals surface area contributed by atoms with E-state index in [2.05, 4.69) is 21.3 Å². The van der Waals surface area contributed by atoms with Crippen LogP contribution in [-0.4, -0.2) is 241 Å². The number of nitrogens with zero attached hydrogens (tertiary/aromatic N) is 8. The Kier molecular flexibility index (Phi) is 23.8. The van der Waals surface area contributed by atoms with E-state index >= 15 is 0 Å². The van der Waals surface area contributed by atoms with Crippen LogP contribution >= 0.6 is 0 Å². The fourth-order valence-corrected chi connectivity index (χ4v) is 10.7. The van der Waals surface area contributed by atoms with E-state index in [1.807, 2.05) is 48.5 Å². The normalized spacial score (nSPS) is 18.8. The first kappa shape index (κ1) is 65.7. The molecule has 0 fully saturated rings. The van der Waals surface area contributed by atoms with Crippen molar-refractivity contribution in [1.82, 2.24) is 61.1 Å². The zero-order valence-corrected chi connectivity index (χ0v) is 52.6. The molecule has 28 nitrogen and oxygen atoms in total. The molecule has 0 saturated heterocycles. The van der Waals surface area contributed by atoms with Gasteiger partial charge in [0.15, 0.2) is 46.0 Å². The number of hydrogen-bond acceptors (Lipinski definition) is 26. The number of fused-ring (bicyclic) bond motifs is 24. The molecule has 29 heteroatoms. The molecule has 0 spiro atoms. The number of nitrogens with one attached hydrogen (secondary N) is 4. The van der Waals surface area contributed by atoms with Crippen LogP contribution in [0, 0.1) is 0 Å². The molecular weight excluding hydrogens is 1260 g/mol. The van der Waals surface area contributed by atoms with E-state index in [0.717, 1.165) is 0 Å². The van der Waals surface area contributed by atoms with Gasteiger partial charge in [-0.3, -0.25) is 0 Å². The minimum absolute atomic E-state index is 0. The monoisotopic (exact) mass is 1330 g/mol. The van der Waals surface area contributed by atoms with Crippen LogP contribution < -0.4 is 69.1 Å². The van der Waals surface area contributed by atoms with E-state index in [1.165, 1.54) is 0 Å². The topological polar surface area (TPSA) is 301 Å². The standard InChI is InChI=1S/C64H76N12O16.Cu/c1-9-77-17-25-85-49-33-41-42(34-50(49)86-26-18-78-10-2-65-1)58-69-57(41)73-59-43-35-51-52(88-28-20-80-12-4-66-3-11-79-19-27-87-51)36-44(43)61(70-59)75-63-47-39-55-56(92-32-24-84-16-8-68-7-15-83-23-31-91-55)40-48(47)64(72-63)76-62-46-38-54-53(37-45(46)60(71-62)74-58)89-29-21-81-13-5-67-6-14-82-22-30-90-54;/h33-40,65-68H,1-32H2;/q-2;+2. The fourth-order valence-electron chi connectivity index (χ4n) is 10.7. The van der Waals surface area contributed by atoms with Crippen LogP contribution in [0.4, 0.5) is 0 Å². The average Bonchev–Trinajstić information content (AvgIpc) is 1.60. The molecule has 1 radical (unpaired) electrons. The summed E-state index contributed by atoms with van der Waals surface area (Å²) < 4.78 is 99.4. The second-order valence-corrected chi connectivity index (χ2v) is 21.5. The molecule has 6 aliphatic rings. The summed E-state index contributed by atoms with van der Waals surface area (Å²) in [5, 5.41) is 15.6. The Morgan fingerprint density at radius 3 is 0.602 bits per heavy atom. The largest absolute Gasteiger partial charge is 2.00 e. The van der Waals surface area contributed by atoms with Crippen LogP contribution in [0.25, 0.3) is 89.7 Å². The van der Waals surface area contributed by atoms with Crippen molar-refractivity contribution in [1.29, 1.82) is 0 Å². The van der Waals surface area contributed by atoms with Gasteiger partial charge in [-0.05, 0) is 70.1 Å². The van der Waals surface area contributed by atoms with Gasteiger partial charge >= 0.3 is 17.1 Å². The maximum Gasteiger partial charge on any atom is 2.00 e. The number of hydrogen-bond donors (Lipinski definition) is 4. The predicted molar refractivity (Wildman–Crippen MR) is 336 cm³/mol. The Hall–Kier alpha value is -7.32. The number of ether oxygens (including phenoxy) is 16. The number of benzene rings is 4. The summed E-state index contributed by atoms with van der Waals surface area (Å²) in [5.74, 6) is 4.54. The zero-order valence-electron chi connectivity index (χ0n) is 51.7. The van der Waals surface area contributed by atoms with Gasteiger partial charge in [-0.25, -0.2) is 9.97 Å². The fraction of sp³-hybridized carbons (Fsp3) is 0.500. The number of aromatic nitrogens is 8. The predicted octanol–water partition coefficient (Wildman–Crippen LogP) is 3.70. The van der Waals surface area contributed by atoms with Crippen LogP contribution in [0.15, 0.2) is 48.5 Å². The molecule has 0 amide bonds. The van der Waals surface area contributed by atoms with Crippen molar-refractivity contribution in [3.63, 3.8) is 0 Å². The number of rotatable bonds is 0. The molecule has 3 aromatic heterocycles. The van der Waals surface area contributed by atoms with Crippen LogP contribution in [0.5, 0.6) is 46.0 Å². The molecule has 0 aliphatic carbocycles. The minimum Gasteiger partial charge on any atom is -0.487 e. The molecule has 93 heavy (non-hydrogen) atoms. The van der Waals surface area contributed by atoms with Crippen molar-refractivity contribution < 1.29 is 92.9 Å². The molecular formula is C64H76CuN12O16. The van der Waals surface area contributed by atoms with Gasteiger partial charge in [0.05, 0.1) is 129 Å². The van der Waals surface area contributed by atoms with Gasteiger partial charge in [-0.15, -0.1) is 0 Å². The molecule has 4 aromatic carbocycles. The van der Waals surface area contributed by atoms with Crippen molar-refractivity contribution in [3.05, 3.63) is 48.5 Å². The first-order valence-electron chi connectivity index (χ1n) is 31.6. The molecule has 4 N–H and O–H groups in total. The Morgan fingerprint density at radius 2 is 0.409 bits per heavy atom. The molecule has 0 atom stereocenters. The summed E-state index contributed by atoms with van der Waals surface area (Å²) in [5.41, 5.74) is 3.36.